The van der Waals surface area contributed by atoms with E-state index in [4.69, 9.17) is 0 Å². The third-order valence-corrected chi connectivity index (χ3v) is 4.42. The number of halogens is 1. The van der Waals surface area contributed by atoms with Crippen LogP contribution in [-0.4, -0.2) is 22.1 Å². The van der Waals surface area contributed by atoms with E-state index in [9.17, 15) is 9.18 Å². The molecule has 3 aromatic rings. The number of nitrogens with zero attached hydrogens (tertiary/aromatic N) is 3. The molecule has 1 unspecified atom stereocenters. The maximum absolute atomic E-state index is 13.2. The molecule has 130 valence electrons. The van der Waals surface area contributed by atoms with Crippen molar-refractivity contribution in [2.45, 2.75) is 19.4 Å². The second-order valence-corrected chi connectivity index (χ2v) is 6.29. The summed E-state index contributed by atoms with van der Waals surface area (Å²) >= 11 is 0. The molecule has 1 amide bonds. The minimum Gasteiger partial charge on any atom is -0.321 e. The van der Waals surface area contributed by atoms with Gasteiger partial charge in [0.2, 0.25) is 0 Å². The lowest BCUT2D eigenvalue weighted by molar-refractivity contribution is 0.102. The molecule has 2 aromatic carbocycles. The normalized spacial score (nSPS) is 15.6. The van der Waals surface area contributed by atoms with Gasteiger partial charge in [-0.1, -0.05) is 24.3 Å². The minimum atomic E-state index is -0.426. The van der Waals surface area contributed by atoms with Crippen molar-refractivity contribution in [1.29, 1.82) is 0 Å². The first-order valence-electron chi connectivity index (χ1n) is 8.39. The van der Waals surface area contributed by atoms with Gasteiger partial charge in [-0.05, 0) is 55.3 Å². The van der Waals surface area contributed by atoms with Crippen LogP contribution in [0.5, 0.6) is 0 Å². The number of carbonyl (C=O) groups excluding carboxylic acids is 1. The second-order valence-electron chi connectivity index (χ2n) is 6.29. The zero-order valence-electron chi connectivity index (χ0n) is 14.2. The lowest BCUT2D eigenvalue weighted by Crippen LogP contribution is -2.25. The molecule has 4 rings (SSSR count). The average molecular weight is 348 g/mol. The van der Waals surface area contributed by atoms with Gasteiger partial charge in [-0.25, -0.2) is 4.39 Å². The van der Waals surface area contributed by atoms with E-state index in [0.717, 1.165) is 12.1 Å². The van der Waals surface area contributed by atoms with E-state index in [1.165, 1.54) is 23.8 Å². The highest BCUT2D eigenvalue weighted by Gasteiger charge is 2.28. The number of anilines is 3. The van der Waals surface area contributed by atoms with Crippen LogP contribution in [0, 0.1) is 5.82 Å². The Labute approximate surface area is 150 Å². The van der Waals surface area contributed by atoms with E-state index in [0.29, 0.717) is 11.5 Å². The topological polar surface area (TPSA) is 58.1 Å². The summed E-state index contributed by atoms with van der Waals surface area (Å²) in [6.45, 7) is 2.13. The number of hydrogen-bond acceptors (Lipinski definition) is 4. The van der Waals surface area contributed by atoms with E-state index >= 15 is 0 Å². The number of fused-ring (bicyclic) bond motifs is 1. The molecule has 26 heavy (non-hydrogen) atoms. The Balaban J connectivity index is 1.55. The largest absolute Gasteiger partial charge is 0.321 e. The van der Waals surface area contributed by atoms with Gasteiger partial charge >= 0.3 is 0 Å². The summed E-state index contributed by atoms with van der Waals surface area (Å²) in [7, 11) is 0. The quantitative estimate of drug-likeness (QED) is 0.779. The van der Waals surface area contributed by atoms with Crippen LogP contribution in [0.3, 0.4) is 0 Å². The van der Waals surface area contributed by atoms with E-state index < -0.39 is 11.7 Å². The van der Waals surface area contributed by atoms with E-state index in [1.54, 1.807) is 18.2 Å². The van der Waals surface area contributed by atoms with Crippen LogP contribution in [0.2, 0.25) is 0 Å². The van der Waals surface area contributed by atoms with E-state index in [1.807, 2.05) is 12.1 Å². The molecule has 0 bridgehead atoms. The molecule has 0 fully saturated rings. The van der Waals surface area contributed by atoms with Crippen LogP contribution in [0.1, 0.15) is 23.0 Å². The number of carbonyl (C=O) groups is 1. The first-order valence-corrected chi connectivity index (χ1v) is 8.39. The number of hydrogen-bond donors (Lipinski definition) is 1. The first-order chi connectivity index (χ1) is 12.6. The van der Waals surface area contributed by atoms with Gasteiger partial charge in [0.1, 0.15) is 5.82 Å². The van der Waals surface area contributed by atoms with Crippen LogP contribution in [0.4, 0.5) is 21.6 Å². The highest BCUT2D eigenvalue weighted by atomic mass is 19.1. The summed E-state index contributed by atoms with van der Waals surface area (Å²) in [5.41, 5.74) is 2.95. The molecule has 6 heteroatoms. The Morgan fingerprint density at radius 2 is 1.96 bits per heavy atom. The Kier molecular flexibility index (Phi) is 4.08. The fourth-order valence-corrected chi connectivity index (χ4v) is 3.25. The Morgan fingerprint density at radius 1 is 1.12 bits per heavy atom. The predicted molar refractivity (Wildman–Crippen MR) is 98.1 cm³/mol. The maximum atomic E-state index is 13.2. The van der Waals surface area contributed by atoms with Crippen LogP contribution < -0.4 is 10.2 Å². The number of para-hydroxylation sites is 1. The van der Waals surface area contributed by atoms with E-state index in [2.05, 4.69) is 39.5 Å². The Hall–Kier alpha value is -3.28. The van der Waals surface area contributed by atoms with Crippen molar-refractivity contribution in [3.8, 4) is 0 Å². The number of aromatic nitrogens is 2. The molecular formula is C20H17FN4O. The van der Waals surface area contributed by atoms with Gasteiger partial charge < -0.3 is 10.2 Å². The number of nitrogens with one attached hydrogen (secondary N) is 1. The molecule has 0 radical (unpaired) electrons. The van der Waals surface area contributed by atoms with E-state index in [-0.39, 0.29) is 11.7 Å². The second kappa shape index (κ2) is 6.55. The molecule has 0 saturated carbocycles. The fourth-order valence-electron chi connectivity index (χ4n) is 3.25. The number of rotatable bonds is 3. The van der Waals surface area contributed by atoms with Gasteiger partial charge in [-0.2, -0.15) is 0 Å². The molecule has 1 atom stereocenters. The number of benzene rings is 2. The van der Waals surface area contributed by atoms with Crippen molar-refractivity contribution < 1.29 is 9.18 Å². The summed E-state index contributed by atoms with van der Waals surface area (Å²) in [6.07, 6.45) is 0.944. The predicted octanol–water partition coefficient (Wildman–Crippen LogP) is 3.95. The van der Waals surface area contributed by atoms with Gasteiger partial charge in [-0.3, -0.25) is 4.79 Å². The summed E-state index contributed by atoms with van der Waals surface area (Å²) in [5.74, 6) is -0.139. The van der Waals surface area contributed by atoms with Crippen molar-refractivity contribution in [1.82, 2.24) is 10.2 Å². The summed E-state index contributed by atoms with van der Waals surface area (Å²) in [6, 6.07) is 17.6. The number of amides is 1. The summed E-state index contributed by atoms with van der Waals surface area (Å²) in [4.78, 5) is 14.4. The third kappa shape index (κ3) is 3.01. The van der Waals surface area contributed by atoms with Crippen LogP contribution >= 0.6 is 0 Å². The molecule has 1 aliphatic rings. The molecule has 1 aromatic heterocycles. The van der Waals surface area contributed by atoms with Crippen molar-refractivity contribution in [2.24, 2.45) is 0 Å². The SMILES string of the molecule is CC1Cc2ccccc2N1c1ccc(C(=O)Nc2cccc(F)c2)nn1. The molecule has 0 aliphatic carbocycles. The lowest BCUT2D eigenvalue weighted by atomic mass is 10.1. The maximum Gasteiger partial charge on any atom is 0.276 e. The minimum absolute atomic E-state index is 0.179. The van der Waals surface area contributed by atoms with Gasteiger partial charge in [0, 0.05) is 17.4 Å². The molecule has 0 spiro atoms. The van der Waals surface area contributed by atoms with Gasteiger partial charge in [-0.15, -0.1) is 10.2 Å². The smallest absolute Gasteiger partial charge is 0.276 e. The highest BCUT2D eigenvalue weighted by molar-refractivity contribution is 6.02. The summed E-state index contributed by atoms with van der Waals surface area (Å²) in [5, 5.41) is 10.9. The average Bonchev–Trinajstić information content (AvgIpc) is 2.97. The monoisotopic (exact) mass is 348 g/mol. The molecule has 1 N–H and O–H groups in total. The zero-order valence-corrected chi connectivity index (χ0v) is 14.2. The van der Waals surface area contributed by atoms with Crippen LogP contribution in [0.15, 0.2) is 60.7 Å². The van der Waals surface area contributed by atoms with Gasteiger partial charge in [0.15, 0.2) is 11.5 Å². The lowest BCUT2D eigenvalue weighted by Gasteiger charge is -2.23. The molecule has 2 heterocycles. The van der Waals surface area contributed by atoms with Crippen molar-refractivity contribution in [3.05, 3.63) is 77.7 Å². The summed E-state index contributed by atoms with van der Waals surface area (Å²) < 4.78 is 13.2. The fraction of sp³-hybridized carbons (Fsp3) is 0.150. The molecule has 0 saturated heterocycles. The molecule has 1 aliphatic heterocycles. The molecular weight excluding hydrogens is 331 g/mol. The molecule has 5 nitrogen and oxygen atoms in total. The first kappa shape index (κ1) is 16.2. The van der Waals surface area contributed by atoms with Crippen molar-refractivity contribution >= 4 is 23.1 Å². The van der Waals surface area contributed by atoms with Gasteiger partial charge in [0.25, 0.3) is 5.91 Å². The van der Waals surface area contributed by atoms with Crippen molar-refractivity contribution in [2.75, 3.05) is 10.2 Å². The third-order valence-electron chi connectivity index (χ3n) is 4.42. The van der Waals surface area contributed by atoms with Crippen molar-refractivity contribution in [3.63, 3.8) is 0 Å². The highest BCUT2D eigenvalue weighted by Crippen LogP contribution is 2.36. The Morgan fingerprint density at radius 3 is 2.73 bits per heavy atom. The Bertz CT molecular complexity index is 958. The van der Waals surface area contributed by atoms with Gasteiger partial charge in [0.05, 0.1) is 0 Å². The van der Waals surface area contributed by atoms with Crippen LogP contribution in [-0.2, 0) is 6.42 Å². The standard InChI is InChI=1S/C20H17FN4O/c1-13-11-14-5-2-3-8-18(14)25(13)19-10-9-17(23-24-19)20(26)22-16-7-4-6-15(21)12-16/h2-10,12-13H,11H2,1H3,(H,22,26). The van der Waals surface area contributed by atoms with Crippen LogP contribution in [0.25, 0.3) is 0 Å². The zero-order chi connectivity index (χ0) is 18.1.